The fourth-order valence-corrected chi connectivity index (χ4v) is 2.25. The van der Waals surface area contributed by atoms with E-state index in [2.05, 4.69) is 48.5 Å². The molecule has 2 rings (SSSR count). The van der Waals surface area contributed by atoms with Crippen LogP contribution in [0.2, 0.25) is 0 Å². The molecule has 0 amide bonds. The van der Waals surface area contributed by atoms with Crippen LogP contribution in [0.3, 0.4) is 0 Å². The maximum absolute atomic E-state index is 5.78. The number of nitrogens with zero attached hydrogens (tertiary/aromatic N) is 2. The summed E-state index contributed by atoms with van der Waals surface area (Å²) in [4.78, 5) is 9.45. The average Bonchev–Trinajstić information content (AvgIpc) is 2.96. The van der Waals surface area contributed by atoms with Crippen LogP contribution in [-0.4, -0.2) is 37.1 Å². The van der Waals surface area contributed by atoms with Gasteiger partial charge in [0.15, 0.2) is 11.8 Å². The summed E-state index contributed by atoms with van der Waals surface area (Å²) in [6.45, 7) is 16.5. The highest BCUT2D eigenvalue weighted by Crippen LogP contribution is 2.30. The molecule has 2 aliphatic rings. The summed E-state index contributed by atoms with van der Waals surface area (Å²) >= 11 is 0. The summed E-state index contributed by atoms with van der Waals surface area (Å²) in [6, 6.07) is 0.445. The SMILES string of the molecule is CC(C1=N[C@@H](C(C)(C)C)CO1)C1=N[C@@H](C(C)(C)C)CO1. The van der Waals surface area contributed by atoms with E-state index >= 15 is 0 Å². The van der Waals surface area contributed by atoms with Crippen molar-refractivity contribution in [2.75, 3.05) is 13.2 Å². The lowest BCUT2D eigenvalue weighted by molar-refractivity contribution is 0.223. The Kier molecular flexibility index (Phi) is 3.87. The quantitative estimate of drug-likeness (QED) is 0.779. The minimum atomic E-state index is 0.0229. The van der Waals surface area contributed by atoms with Gasteiger partial charge in [-0.1, -0.05) is 41.5 Å². The topological polar surface area (TPSA) is 43.2 Å². The molecule has 2 aliphatic heterocycles. The van der Waals surface area contributed by atoms with Gasteiger partial charge >= 0.3 is 0 Å². The van der Waals surface area contributed by atoms with Crippen LogP contribution in [0.1, 0.15) is 48.5 Å². The van der Waals surface area contributed by atoms with Crippen molar-refractivity contribution in [1.29, 1.82) is 0 Å². The molecule has 0 aromatic carbocycles. The van der Waals surface area contributed by atoms with E-state index in [1.54, 1.807) is 0 Å². The third-order valence-corrected chi connectivity index (χ3v) is 4.08. The van der Waals surface area contributed by atoms with Gasteiger partial charge in [0.2, 0.25) is 0 Å². The molecule has 0 fully saturated rings. The van der Waals surface area contributed by atoms with Crippen LogP contribution in [0.5, 0.6) is 0 Å². The minimum Gasteiger partial charge on any atom is -0.478 e. The first-order valence-corrected chi connectivity index (χ1v) is 7.50. The zero-order valence-corrected chi connectivity index (χ0v) is 13.9. The van der Waals surface area contributed by atoms with Crippen molar-refractivity contribution in [2.45, 2.75) is 60.5 Å². The maximum atomic E-state index is 5.78. The monoisotopic (exact) mass is 280 g/mol. The van der Waals surface area contributed by atoms with Gasteiger partial charge in [0.1, 0.15) is 19.1 Å². The Bertz CT molecular complexity index is 387. The minimum absolute atomic E-state index is 0.0229. The van der Waals surface area contributed by atoms with Gasteiger partial charge in [0.25, 0.3) is 0 Å². The molecule has 20 heavy (non-hydrogen) atoms. The van der Waals surface area contributed by atoms with Crippen LogP contribution in [0.15, 0.2) is 9.98 Å². The van der Waals surface area contributed by atoms with E-state index in [9.17, 15) is 0 Å². The number of hydrogen-bond acceptors (Lipinski definition) is 4. The second-order valence-electron chi connectivity index (χ2n) is 8.04. The first-order chi connectivity index (χ1) is 9.09. The molecule has 0 aromatic heterocycles. The van der Waals surface area contributed by atoms with Gasteiger partial charge < -0.3 is 9.47 Å². The normalized spacial score (nSPS) is 27.2. The number of ether oxygens (including phenoxy) is 2. The van der Waals surface area contributed by atoms with E-state index in [0.29, 0.717) is 13.2 Å². The molecule has 4 heteroatoms. The summed E-state index contributed by atoms with van der Waals surface area (Å²) in [5.74, 6) is 1.58. The molecule has 0 spiro atoms. The highest BCUT2D eigenvalue weighted by atomic mass is 16.5. The van der Waals surface area contributed by atoms with Crippen molar-refractivity contribution in [3.63, 3.8) is 0 Å². The standard InChI is InChI=1S/C16H28N2O2/c1-10(13-17-11(8-19-13)15(2,3)4)14-18-12(9-20-14)16(5,6)7/h10-12H,8-9H2,1-7H3/t11-,12-/m1/s1. The summed E-state index contributed by atoms with van der Waals surface area (Å²) in [7, 11) is 0. The summed E-state index contributed by atoms with van der Waals surface area (Å²) in [5, 5.41) is 0. The number of rotatable bonds is 2. The highest BCUT2D eigenvalue weighted by molar-refractivity contribution is 6.01. The van der Waals surface area contributed by atoms with E-state index in [4.69, 9.17) is 19.5 Å². The Morgan fingerprint density at radius 1 is 0.850 bits per heavy atom. The number of aliphatic imine (C=N–C) groups is 2. The van der Waals surface area contributed by atoms with E-state index in [1.807, 2.05) is 0 Å². The van der Waals surface area contributed by atoms with E-state index in [-0.39, 0.29) is 28.8 Å². The molecule has 0 saturated heterocycles. The Hall–Kier alpha value is -1.06. The summed E-state index contributed by atoms with van der Waals surface area (Å²) in [5.41, 5.74) is 0.265. The van der Waals surface area contributed by atoms with Gasteiger partial charge in [-0.25, -0.2) is 9.98 Å². The molecule has 4 nitrogen and oxygen atoms in total. The zero-order valence-electron chi connectivity index (χ0n) is 13.9. The van der Waals surface area contributed by atoms with Gasteiger partial charge in [-0.3, -0.25) is 0 Å². The number of hydrogen-bond donors (Lipinski definition) is 0. The Labute approximate surface area is 122 Å². The molecule has 2 heterocycles. The molecule has 2 atom stereocenters. The van der Waals surface area contributed by atoms with Crippen LogP contribution in [-0.2, 0) is 9.47 Å². The van der Waals surface area contributed by atoms with Crippen molar-refractivity contribution in [3.05, 3.63) is 0 Å². The van der Waals surface area contributed by atoms with Crippen molar-refractivity contribution in [1.82, 2.24) is 0 Å². The van der Waals surface area contributed by atoms with Crippen molar-refractivity contribution >= 4 is 11.8 Å². The van der Waals surface area contributed by atoms with Crippen molar-refractivity contribution in [3.8, 4) is 0 Å². The molecule has 0 bridgehead atoms. The molecule has 0 unspecified atom stereocenters. The highest BCUT2D eigenvalue weighted by Gasteiger charge is 2.37. The van der Waals surface area contributed by atoms with Gasteiger partial charge in [0.05, 0.1) is 12.1 Å². The molecular formula is C16H28N2O2. The van der Waals surface area contributed by atoms with Crippen LogP contribution < -0.4 is 0 Å². The predicted octanol–water partition coefficient (Wildman–Crippen LogP) is 3.31. The third kappa shape index (κ3) is 3.15. The van der Waals surface area contributed by atoms with E-state index < -0.39 is 0 Å². The van der Waals surface area contributed by atoms with Crippen LogP contribution >= 0.6 is 0 Å². The predicted molar refractivity (Wildman–Crippen MR) is 82.4 cm³/mol. The molecule has 0 saturated carbocycles. The Balaban J connectivity index is 2.08. The Morgan fingerprint density at radius 2 is 1.20 bits per heavy atom. The fourth-order valence-electron chi connectivity index (χ4n) is 2.25. The van der Waals surface area contributed by atoms with Gasteiger partial charge in [-0.15, -0.1) is 0 Å². The Morgan fingerprint density at radius 3 is 1.45 bits per heavy atom. The fraction of sp³-hybridized carbons (Fsp3) is 0.875. The largest absolute Gasteiger partial charge is 0.478 e. The van der Waals surface area contributed by atoms with E-state index in [0.717, 1.165) is 11.8 Å². The van der Waals surface area contributed by atoms with Crippen molar-refractivity contribution < 1.29 is 9.47 Å². The smallest absolute Gasteiger partial charge is 0.196 e. The first-order valence-electron chi connectivity index (χ1n) is 7.50. The summed E-state index contributed by atoms with van der Waals surface area (Å²) < 4.78 is 11.6. The van der Waals surface area contributed by atoms with Crippen LogP contribution in [0.4, 0.5) is 0 Å². The molecular weight excluding hydrogens is 252 g/mol. The lowest BCUT2D eigenvalue weighted by atomic mass is 9.88. The average molecular weight is 280 g/mol. The van der Waals surface area contributed by atoms with Gasteiger partial charge in [-0.2, -0.15) is 0 Å². The van der Waals surface area contributed by atoms with E-state index in [1.165, 1.54) is 0 Å². The van der Waals surface area contributed by atoms with Crippen molar-refractivity contribution in [2.24, 2.45) is 26.7 Å². The molecule has 0 aliphatic carbocycles. The molecule has 0 radical (unpaired) electrons. The van der Waals surface area contributed by atoms with Gasteiger partial charge in [-0.05, 0) is 17.8 Å². The molecule has 0 aromatic rings. The lowest BCUT2D eigenvalue weighted by Crippen LogP contribution is -2.25. The second-order valence-corrected chi connectivity index (χ2v) is 8.04. The summed E-state index contributed by atoms with van der Waals surface area (Å²) in [6.07, 6.45) is 0. The first kappa shape index (κ1) is 15.3. The molecule has 114 valence electrons. The maximum Gasteiger partial charge on any atom is 0.196 e. The van der Waals surface area contributed by atoms with Gasteiger partial charge in [0, 0.05) is 0 Å². The second kappa shape index (κ2) is 5.05. The lowest BCUT2D eigenvalue weighted by Gasteiger charge is -2.22. The zero-order chi connectivity index (χ0) is 15.1. The van der Waals surface area contributed by atoms with Crippen LogP contribution in [0.25, 0.3) is 0 Å². The van der Waals surface area contributed by atoms with Crippen LogP contribution in [0, 0.1) is 16.7 Å². The third-order valence-electron chi connectivity index (χ3n) is 4.08. The molecule has 0 N–H and O–H groups in total.